The molecule has 0 aromatic heterocycles. The molecule has 3 rings (SSSR count). The summed E-state index contributed by atoms with van der Waals surface area (Å²) in [6.07, 6.45) is 7.37. The number of nitrogens with zero attached hydrogens (tertiary/aromatic N) is 1. The number of nitrogens with one attached hydrogen (secondary N) is 1. The van der Waals surface area contributed by atoms with Crippen LogP contribution in [0.1, 0.15) is 67.7 Å². The Hall–Kier alpha value is -2.62. The molecule has 172 valence electrons. The van der Waals surface area contributed by atoms with Gasteiger partial charge in [-0.3, -0.25) is 9.59 Å². The Morgan fingerprint density at radius 2 is 1.75 bits per heavy atom. The zero-order valence-electron chi connectivity index (χ0n) is 19.9. The lowest BCUT2D eigenvalue weighted by molar-refractivity contribution is -0.140. The van der Waals surface area contributed by atoms with Crippen LogP contribution in [0.25, 0.3) is 0 Å². The first-order valence-electron chi connectivity index (χ1n) is 12.2. The van der Waals surface area contributed by atoms with Gasteiger partial charge in [-0.05, 0) is 56.2 Å². The SMILES string of the molecule is CC[C@H](C(=O)NC1CCCCC1)N(CCc1ccccc1)C(=O)Cc1cc(C)ccc1C. The van der Waals surface area contributed by atoms with Crippen molar-refractivity contribution in [3.8, 4) is 0 Å². The fourth-order valence-electron chi connectivity index (χ4n) is 4.70. The Bertz CT molecular complexity index is 888. The molecule has 0 aliphatic heterocycles. The summed E-state index contributed by atoms with van der Waals surface area (Å²) in [5.41, 5.74) is 4.49. The summed E-state index contributed by atoms with van der Waals surface area (Å²) in [7, 11) is 0. The summed E-state index contributed by atoms with van der Waals surface area (Å²) in [6.45, 7) is 6.65. The predicted molar refractivity (Wildman–Crippen MR) is 131 cm³/mol. The van der Waals surface area contributed by atoms with Gasteiger partial charge in [0.05, 0.1) is 6.42 Å². The Morgan fingerprint density at radius 3 is 2.44 bits per heavy atom. The van der Waals surface area contributed by atoms with Gasteiger partial charge in [0, 0.05) is 12.6 Å². The van der Waals surface area contributed by atoms with Crippen molar-refractivity contribution in [3.05, 3.63) is 70.8 Å². The molecule has 0 spiro atoms. The van der Waals surface area contributed by atoms with Crippen LogP contribution in [0.15, 0.2) is 48.5 Å². The molecule has 0 bridgehead atoms. The second kappa shape index (κ2) is 11.8. The van der Waals surface area contributed by atoms with Gasteiger partial charge < -0.3 is 10.2 Å². The highest BCUT2D eigenvalue weighted by Crippen LogP contribution is 2.19. The molecule has 0 radical (unpaired) electrons. The number of hydrogen-bond acceptors (Lipinski definition) is 2. The number of carbonyl (C=O) groups excluding carboxylic acids is 2. The van der Waals surface area contributed by atoms with E-state index in [9.17, 15) is 9.59 Å². The Kier molecular flexibility index (Phi) is 8.90. The summed E-state index contributed by atoms with van der Waals surface area (Å²) < 4.78 is 0. The molecule has 4 nitrogen and oxygen atoms in total. The smallest absolute Gasteiger partial charge is 0.243 e. The summed E-state index contributed by atoms with van der Waals surface area (Å²) in [5.74, 6) is 0.0297. The molecule has 1 saturated carbocycles. The Labute approximate surface area is 193 Å². The van der Waals surface area contributed by atoms with E-state index in [1.807, 2.05) is 43.9 Å². The number of amides is 2. The number of rotatable bonds is 9. The summed E-state index contributed by atoms with van der Waals surface area (Å²) in [4.78, 5) is 28.6. The average Bonchev–Trinajstić information content (AvgIpc) is 2.80. The molecular formula is C28H38N2O2. The van der Waals surface area contributed by atoms with E-state index in [4.69, 9.17) is 0 Å². The van der Waals surface area contributed by atoms with Crippen LogP contribution in [0.3, 0.4) is 0 Å². The third-order valence-electron chi connectivity index (χ3n) is 6.67. The van der Waals surface area contributed by atoms with E-state index in [1.54, 1.807) is 0 Å². The first-order chi connectivity index (χ1) is 15.5. The highest BCUT2D eigenvalue weighted by Gasteiger charge is 2.30. The number of aryl methyl sites for hydroxylation is 2. The zero-order valence-corrected chi connectivity index (χ0v) is 19.9. The van der Waals surface area contributed by atoms with Crippen LogP contribution in [0.4, 0.5) is 0 Å². The molecule has 0 saturated heterocycles. The third kappa shape index (κ3) is 6.69. The predicted octanol–water partition coefficient (Wildman–Crippen LogP) is 5.14. The lowest BCUT2D eigenvalue weighted by atomic mass is 9.95. The number of benzene rings is 2. The van der Waals surface area contributed by atoms with E-state index < -0.39 is 6.04 Å². The van der Waals surface area contributed by atoms with Crippen LogP contribution in [0.5, 0.6) is 0 Å². The fourth-order valence-corrected chi connectivity index (χ4v) is 4.70. The van der Waals surface area contributed by atoms with Crippen LogP contribution in [0.2, 0.25) is 0 Å². The molecule has 0 heterocycles. The minimum absolute atomic E-state index is 0.00164. The average molecular weight is 435 g/mol. The molecule has 1 fully saturated rings. The van der Waals surface area contributed by atoms with E-state index in [1.165, 1.54) is 24.8 Å². The van der Waals surface area contributed by atoms with Gasteiger partial charge in [0.2, 0.25) is 11.8 Å². The highest BCUT2D eigenvalue weighted by atomic mass is 16.2. The minimum Gasteiger partial charge on any atom is -0.352 e. The van der Waals surface area contributed by atoms with E-state index >= 15 is 0 Å². The molecule has 1 aliphatic rings. The van der Waals surface area contributed by atoms with Crippen LogP contribution < -0.4 is 5.32 Å². The topological polar surface area (TPSA) is 49.4 Å². The molecule has 1 N–H and O–H groups in total. The second-order valence-electron chi connectivity index (χ2n) is 9.20. The minimum atomic E-state index is -0.432. The van der Waals surface area contributed by atoms with Crippen molar-refractivity contribution in [2.24, 2.45) is 0 Å². The molecule has 0 unspecified atom stereocenters. The third-order valence-corrected chi connectivity index (χ3v) is 6.67. The zero-order chi connectivity index (χ0) is 22.9. The number of carbonyl (C=O) groups is 2. The first kappa shape index (κ1) is 24.0. The quantitative estimate of drug-likeness (QED) is 0.594. The van der Waals surface area contributed by atoms with Gasteiger partial charge in [0.25, 0.3) is 0 Å². The van der Waals surface area contributed by atoms with Crippen molar-refractivity contribution < 1.29 is 9.59 Å². The summed E-state index contributed by atoms with van der Waals surface area (Å²) in [5, 5.41) is 3.25. The lowest BCUT2D eigenvalue weighted by Gasteiger charge is -2.33. The largest absolute Gasteiger partial charge is 0.352 e. The van der Waals surface area contributed by atoms with Gasteiger partial charge in [-0.2, -0.15) is 0 Å². The standard InChI is InChI=1S/C28H38N2O2/c1-4-26(28(32)29-25-13-9-6-10-14-25)30(18-17-23-11-7-5-8-12-23)27(31)20-24-19-21(2)15-16-22(24)3/h5,7-8,11-12,15-16,19,25-26H,4,6,9-10,13-14,17-18,20H2,1-3H3,(H,29,32)/t26-/m1/s1. The van der Waals surface area contributed by atoms with Gasteiger partial charge in [-0.25, -0.2) is 0 Å². The van der Waals surface area contributed by atoms with E-state index in [0.717, 1.165) is 36.0 Å². The van der Waals surface area contributed by atoms with Crippen molar-refractivity contribution in [1.29, 1.82) is 0 Å². The van der Waals surface area contributed by atoms with Gasteiger partial charge >= 0.3 is 0 Å². The van der Waals surface area contributed by atoms with Gasteiger partial charge in [-0.15, -0.1) is 0 Å². The maximum atomic E-state index is 13.5. The first-order valence-corrected chi connectivity index (χ1v) is 12.2. The highest BCUT2D eigenvalue weighted by molar-refractivity contribution is 5.88. The van der Waals surface area contributed by atoms with Crippen LogP contribution in [-0.4, -0.2) is 35.3 Å². The van der Waals surface area contributed by atoms with Crippen LogP contribution in [0, 0.1) is 13.8 Å². The summed E-state index contributed by atoms with van der Waals surface area (Å²) in [6, 6.07) is 16.2. The van der Waals surface area contributed by atoms with Crippen molar-refractivity contribution in [2.75, 3.05) is 6.54 Å². The Morgan fingerprint density at radius 1 is 1.03 bits per heavy atom. The Balaban J connectivity index is 1.77. The fraction of sp³-hybridized carbons (Fsp3) is 0.500. The monoisotopic (exact) mass is 434 g/mol. The molecule has 32 heavy (non-hydrogen) atoms. The van der Waals surface area contributed by atoms with Crippen molar-refractivity contribution in [2.45, 2.75) is 84.2 Å². The molecule has 2 amide bonds. The van der Waals surface area contributed by atoms with Gasteiger partial charge in [0.1, 0.15) is 6.04 Å². The van der Waals surface area contributed by atoms with Crippen molar-refractivity contribution >= 4 is 11.8 Å². The van der Waals surface area contributed by atoms with Crippen LogP contribution in [-0.2, 0) is 22.4 Å². The van der Waals surface area contributed by atoms with Gasteiger partial charge in [-0.1, -0.05) is 80.3 Å². The van der Waals surface area contributed by atoms with Crippen molar-refractivity contribution in [3.63, 3.8) is 0 Å². The lowest BCUT2D eigenvalue weighted by Crippen LogP contribution is -2.52. The molecule has 1 atom stereocenters. The number of hydrogen-bond donors (Lipinski definition) is 1. The van der Waals surface area contributed by atoms with E-state index in [0.29, 0.717) is 19.4 Å². The van der Waals surface area contributed by atoms with Crippen LogP contribution >= 0.6 is 0 Å². The van der Waals surface area contributed by atoms with E-state index in [2.05, 4.69) is 35.6 Å². The molecule has 1 aliphatic carbocycles. The molecular weight excluding hydrogens is 396 g/mol. The molecule has 4 heteroatoms. The van der Waals surface area contributed by atoms with Crippen molar-refractivity contribution in [1.82, 2.24) is 10.2 Å². The molecule has 2 aromatic rings. The second-order valence-corrected chi connectivity index (χ2v) is 9.20. The summed E-state index contributed by atoms with van der Waals surface area (Å²) >= 11 is 0. The van der Waals surface area contributed by atoms with Gasteiger partial charge in [0.15, 0.2) is 0 Å². The normalized spacial score (nSPS) is 15.2. The maximum absolute atomic E-state index is 13.5. The maximum Gasteiger partial charge on any atom is 0.243 e. The van der Waals surface area contributed by atoms with E-state index in [-0.39, 0.29) is 17.9 Å². The molecule has 2 aromatic carbocycles.